The molecule has 8 atom stereocenters. The fourth-order valence-electron chi connectivity index (χ4n) is 10.2. The molecule has 0 aromatic rings. The first-order chi connectivity index (χ1) is 16.7. The summed E-state index contributed by atoms with van der Waals surface area (Å²) in [5, 5.41) is 0. The lowest BCUT2D eigenvalue weighted by Crippen LogP contribution is -2.51. The van der Waals surface area contributed by atoms with Crippen molar-refractivity contribution >= 4 is 5.97 Å². The van der Waals surface area contributed by atoms with E-state index in [4.69, 9.17) is 4.74 Å². The standard InChI is InChI=1S/C33H54O2/c1-22(2)9-8-10-23(3)28-15-16-29-27-14-13-25-21-26(35-31(34)24-11-6-7-12-24)17-19-32(25,4)30(27)18-20-33(28,29)5/h13,22-24,26-30H,6-12,14-21H2,1-5H3/t23-,26+,27+,28-,29+,30+,32+,33-/m1/s1. The van der Waals surface area contributed by atoms with Gasteiger partial charge in [0.15, 0.2) is 0 Å². The van der Waals surface area contributed by atoms with Crippen LogP contribution in [0.1, 0.15) is 131 Å². The predicted octanol–water partition coefficient (Wildman–Crippen LogP) is 9.13. The van der Waals surface area contributed by atoms with Crippen LogP contribution in [0.2, 0.25) is 0 Å². The molecule has 2 nitrogen and oxygen atoms in total. The SMILES string of the molecule is CC(C)CCC[C@@H](C)[C@H]1CC[C@H]2[C@@H]3CC=C4C[C@@H](OC(=O)C5CCCC5)CC[C@]4(C)[C@H]3CC[C@]12C. The van der Waals surface area contributed by atoms with Crippen LogP contribution in [-0.2, 0) is 9.53 Å². The van der Waals surface area contributed by atoms with Crippen molar-refractivity contribution in [3.63, 3.8) is 0 Å². The van der Waals surface area contributed by atoms with Gasteiger partial charge in [0, 0.05) is 6.42 Å². The van der Waals surface area contributed by atoms with Crippen LogP contribution < -0.4 is 0 Å². The van der Waals surface area contributed by atoms with Crippen molar-refractivity contribution in [1.82, 2.24) is 0 Å². The van der Waals surface area contributed by atoms with Crippen LogP contribution in [0, 0.1) is 52.3 Å². The first-order valence-electron chi connectivity index (χ1n) is 15.6. The van der Waals surface area contributed by atoms with Crippen LogP contribution in [-0.4, -0.2) is 12.1 Å². The third-order valence-electron chi connectivity index (χ3n) is 12.2. The fraction of sp³-hybridized carbons (Fsp3) is 0.909. The summed E-state index contributed by atoms with van der Waals surface area (Å²) < 4.78 is 6.10. The summed E-state index contributed by atoms with van der Waals surface area (Å²) in [5.41, 5.74) is 2.56. The van der Waals surface area contributed by atoms with Gasteiger partial charge >= 0.3 is 5.97 Å². The Morgan fingerprint density at radius 1 is 0.971 bits per heavy atom. The molecule has 0 bridgehead atoms. The second-order valence-electron chi connectivity index (χ2n) is 14.6. The van der Waals surface area contributed by atoms with Crippen molar-refractivity contribution in [1.29, 1.82) is 0 Å². The van der Waals surface area contributed by atoms with E-state index < -0.39 is 0 Å². The third-order valence-corrected chi connectivity index (χ3v) is 12.2. The molecule has 0 amide bonds. The minimum atomic E-state index is 0.110. The van der Waals surface area contributed by atoms with Gasteiger partial charge in [-0.05, 0) is 104 Å². The summed E-state index contributed by atoms with van der Waals surface area (Å²) in [6, 6.07) is 0. The van der Waals surface area contributed by atoms with Gasteiger partial charge in [-0.1, -0.05) is 78.4 Å². The van der Waals surface area contributed by atoms with Crippen LogP contribution in [0.3, 0.4) is 0 Å². The number of allylic oxidation sites excluding steroid dienone is 1. The lowest BCUT2D eigenvalue weighted by atomic mass is 9.47. The maximum absolute atomic E-state index is 12.7. The Morgan fingerprint density at radius 3 is 2.49 bits per heavy atom. The van der Waals surface area contributed by atoms with Crippen LogP contribution >= 0.6 is 0 Å². The molecule has 0 aromatic heterocycles. The highest BCUT2D eigenvalue weighted by atomic mass is 16.5. The van der Waals surface area contributed by atoms with E-state index in [-0.39, 0.29) is 18.0 Å². The predicted molar refractivity (Wildman–Crippen MR) is 145 cm³/mol. The highest BCUT2D eigenvalue weighted by molar-refractivity contribution is 5.73. The minimum Gasteiger partial charge on any atom is -0.462 e. The first-order valence-corrected chi connectivity index (χ1v) is 15.6. The largest absolute Gasteiger partial charge is 0.462 e. The molecule has 0 heterocycles. The van der Waals surface area contributed by atoms with E-state index >= 15 is 0 Å². The van der Waals surface area contributed by atoms with E-state index in [0.717, 1.165) is 61.2 Å². The van der Waals surface area contributed by atoms with Crippen molar-refractivity contribution < 1.29 is 9.53 Å². The lowest BCUT2D eigenvalue weighted by molar-refractivity contribution is -0.156. The number of hydrogen-bond donors (Lipinski definition) is 0. The molecule has 2 heteroatoms. The second-order valence-corrected chi connectivity index (χ2v) is 14.6. The number of carbonyl (C=O) groups excluding carboxylic acids is 1. The smallest absolute Gasteiger partial charge is 0.309 e. The third kappa shape index (κ3) is 4.79. The molecule has 0 spiro atoms. The van der Waals surface area contributed by atoms with Gasteiger partial charge in [0.05, 0.1) is 5.92 Å². The number of hydrogen-bond acceptors (Lipinski definition) is 2. The van der Waals surface area contributed by atoms with Crippen molar-refractivity contribution in [2.45, 2.75) is 137 Å². The molecular formula is C33H54O2. The Bertz CT molecular complexity index is 791. The van der Waals surface area contributed by atoms with Crippen molar-refractivity contribution in [2.24, 2.45) is 52.3 Å². The first kappa shape index (κ1) is 25.8. The molecule has 0 aliphatic heterocycles. The molecule has 35 heavy (non-hydrogen) atoms. The van der Waals surface area contributed by atoms with Gasteiger partial charge in [-0.15, -0.1) is 0 Å². The molecule has 4 saturated carbocycles. The molecule has 0 N–H and O–H groups in total. The number of rotatable bonds is 7. The Labute approximate surface area is 216 Å². The minimum absolute atomic E-state index is 0.110. The quantitative estimate of drug-likeness (QED) is 0.267. The van der Waals surface area contributed by atoms with E-state index in [1.807, 2.05) is 0 Å². The van der Waals surface area contributed by atoms with Crippen molar-refractivity contribution in [3.8, 4) is 0 Å². The molecule has 0 radical (unpaired) electrons. The van der Waals surface area contributed by atoms with E-state index in [2.05, 4.69) is 40.7 Å². The van der Waals surface area contributed by atoms with Gasteiger partial charge in [-0.25, -0.2) is 0 Å². The van der Waals surface area contributed by atoms with E-state index in [1.165, 1.54) is 70.6 Å². The number of fused-ring (bicyclic) bond motifs is 5. The summed E-state index contributed by atoms with van der Waals surface area (Å²) in [5.74, 6) is 5.61. The maximum Gasteiger partial charge on any atom is 0.309 e. The van der Waals surface area contributed by atoms with Crippen LogP contribution in [0.5, 0.6) is 0 Å². The topological polar surface area (TPSA) is 26.3 Å². The Morgan fingerprint density at radius 2 is 1.74 bits per heavy atom. The van der Waals surface area contributed by atoms with Crippen LogP contribution in [0.4, 0.5) is 0 Å². The van der Waals surface area contributed by atoms with E-state index in [0.29, 0.717) is 10.8 Å². The van der Waals surface area contributed by atoms with E-state index in [1.54, 1.807) is 5.57 Å². The highest BCUT2D eigenvalue weighted by Crippen LogP contribution is 2.67. The second kappa shape index (κ2) is 10.2. The molecule has 0 unspecified atom stereocenters. The Hall–Kier alpha value is -0.790. The zero-order chi connectivity index (χ0) is 24.8. The average Bonchev–Trinajstić information content (AvgIpc) is 3.47. The Balaban J connectivity index is 1.24. The molecule has 5 aliphatic rings. The molecule has 4 fully saturated rings. The number of carbonyl (C=O) groups is 1. The summed E-state index contributed by atoms with van der Waals surface area (Å²) in [4.78, 5) is 12.7. The molecule has 0 saturated heterocycles. The fourth-order valence-corrected chi connectivity index (χ4v) is 10.2. The zero-order valence-corrected chi connectivity index (χ0v) is 23.6. The van der Waals surface area contributed by atoms with Gasteiger partial charge in [-0.3, -0.25) is 4.79 Å². The molecule has 5 aliphatic carbocycles. The van der Waals surface area contributed by atoms with Gasteiger partial charge in [0.2, 0.25) is 0 Å². The number of ether oxygens (including phenoxy) is 1. The molecule has 0 aromatic carbocycles. The molecule has 5 rings (SSSR count). The average molecular weight is 483 g/mol. The van der Waals surface area contributed by atoms with Gasteiger partial charge in [0.1, 0.15) is 6.10 Å². The van der Waals surface area contributed by atoms with Gasteiger partial charge in [-0.2, -0.15) is 0 Å². The lowest BCUT2D eigenvalue weighted by Gasteiger charge is -2.58. The van der Waals surface area contributed by atoms with Crippen molar-refractivity contribution in [3.05, 3.63) is 11.6 Å². The summed E-state index contributed by atoms with van der Waals surface area (Å²) in [6.07, 6.45) is 21.9. The molecular weight excluding hydrogens is 428 g/mol. The van der Waals surface area contributed by atoms with Gasteiger partial charge in [0.25, 0.3) is 0 Å². The van der Waals surface area contributed by atoms with Crippen LogP contribution in [0.15, 0.2) is 11.6 Å². The Kier molecular flexibility index (Phi) is 7.51. The normalized spacial score (nSPS) is 42.2. The number of esters is 1. The van der Waals surface area contributed by atoms with E-state index in [9.17, 15) is 4.79 Å². The van der Waals surface area contributed by atoms with Gasteiger partial charge < -0.3 is 4.74 Å². The van der Waals surface area contributed by atoms with Crippen LogP contribution in [0.25, 0.3) is 0 Å². The zero-order valence-electron chi connectivity index (χ0n) is 23.6. The monoisotopic (exact) mass is 482 g/mol. The maximum atomic E-state index is 12.7. The highest BCUT2D eigenvalue weighted by Gasteiger charge is 2.59. The summed E-state index contributed by atoms with van der Waals surface area (Å²) in [6.45, 7) is 12.6. The molecule has 198 valence electrons. The summed E-state index contributed by atoms with van der Waals surface area (Å²) >= 11 is 0. The van der Waals surface area contributed by atoms with Crippen molar-refractivity contribution in [2.75, 3.05) is 0 Å². The summed E-state index contributed by atoms with van der Waals surface area (Å²) in [7, 11) is 0.